The second kappa shape index (κ2) is 8.15. The number of methoxy groups -OCH3 is 1. The highest BCUT2D eigenvalue weighted by Gasteiger charge is 2.08. The first-order valence-electron chi connectivity index (χ1n) is 8.03. The summed E-state index contributed by atoms with van der Waals surface area (Å²) in [6.45, 7) is 0.400. The Bertz CT molecular complexity index is 860. The number of carbonyl (C=O) groups excluding carboxylic acids is 1. The maximum absolute atomic E-state index is 12.9. The molecule has 2 N–H and O–H groups in total. The van der Waals surface area contributed by atoms with Crippen LogP contribution in [-0.4, -0.2) is 24.7 Å². The molecular formula is C19H18FN3O3. The maximum Gasteiger partial charge on any atom is 0.319 e. The number of nitrogens with one attached hydrogen (secondary N) is 2. The summed E-state index contributed by atoms with van der Waals surface area (Å²) in [5.41, 5.74) is 2.07. The fraction of sp³-hybridized carbons (Fsp3) is 0.158. The van der Waals surface area contributed by atoms with Crippen molar-refractivity contribution < 1.29 is 18.3 Å². The van der Waals surface area contributed by atoms with E-state index in [4.69, 9.17) is 9.15 Å². The topological polar surface area (TPSA) is 76.4 Å². The minimum atomic E-state index is -0.312. The summed E-state index contributed by atoms with van der Waals surface area (Å²) < 4.78 is 23.4. The van der Waals surface area contributed by atoms with E-state index in [0.29, 0.717) is 35.8 Å². The van der Waals surface area contributed by atoms with Gasteiger partial charge in [0.05, 0.1) is 12.8 Å². The van der Waals surface area contributed by atoms with Crippen LogP contribution in [0.15, 0.2) is 59.2 Å². The van der Waals surface area contributed by atoms with Crippen LogP contribution >= 0.6 is 0 Å². The number of rotatable bonds is 6. The molecule has 0 unspecified atom stereocenters. The van der Waals surface area contributed by atoms with E-state index in [0.717, 1.165) is 5.75 Å². The number of urea groups is 1. The van der Waals surface area contributed by atoms with Gasteiger partial charge in [-0.05, 0) is 48.5 Å². The lowest BCUT2D eigenvalue weighted by Gasteiger charge is -2.07. The highest BCUT2D eigenvalue weighted by Crippen LogP contribution is 2.19. The molecule has 0 bridgehead atoms. The van der Waals surface area contributed by atoms with Gasteiger partial charge in [-0.1, -0.05) is 0 Å². The molecule has 1 heterocycles. The second-order valence-electron chi connectivity index (χ2n) is 5.51. The summed E-state index contributed by atoms with van der Waals surface area (Å²) in [5, 5.41) is 5.48. The quantitative estimate of drug-likeness (QED) is 0.704. The van der Waals surface area contributed by atoms with Gasteiger partial charge in [-0.25, -0.2) is 14.2 Å². The summed E-state index contributed by atoms with van der Waals surface area (Å²) >= 11 is 0. The molecule has 3 rings (SSSR count). The number of benzene rings is 2. The highest BCUT2D eigenvalue weighted by atomic mass is 19.1. The number of hydrogen-bond acceptors (Lipinski definition) is 4. The first-order valence-corrected chi connectivity index (χ1v) is 8.03. The van der Waals surface area contributed by atoms with Gasteiger partial charge in [-0.15, -0.1) is 0 Å². The standard InChI is InChI=1S/C19H18FN3O3/c1-25-17-8-6-15(7-9-17)23-19(24)21-11-10-16-12-26-18(22-16)13-2-4-14(20)5-3-13/h2-9,12H,10-11H2,1H3,(H2,21,23,24). The number of hydrogen-bond donors (Lipinski definition) is 2. The van der Waals surface area contributed by atoms with Crippen molar-refractivity contribution in [2.45, 2.75) is 6.42 Å². The summed E-state index contributed by atoms with van der Waals surface area (Å²) in [7, 11) is 1.58. The van der Waals surface area contributed by atoms with Crippen LogP contribution in [0.25, 0.3) is 11.5 Å². The first-order chi connectivity index (χ1) is 12.6. The first kappa shape index (κ1) is 17.5. The van der Waals surface area contributed by atoms with Crippen LogP contribution in [0.4, 0.5) is 14.9 Å². The fourth-order valence-corrected chi connectivity index (χ4v) is 2.30. The summed E-state index contributed by atoms with van der Waals surface area (Å²) in [4.78, 5) is 16.2. The van der Waals surface area contributed by atoms with Gasteiger partial charge in [-0.3, -0.25) is 0 Å². The van der Waals surface area contributed by atoms with E-state index in [1.807, 2.05) is 0 Å². The normalized spacial score (nSPS) is 10.4. The molecule has 0 fully saturated rings. The predicted octanol–water partition coefficient (Wildman–Crippen LogP) is 3.85. The zero-order valence-corrected chi connectivity index (χ0v) is 14.2. The van der Waals surface area contributed by atoms with Gasteiger partial charge >= 0.3 is 6.03 Å². The van der Waals surface area contributed by atoms with E-state index in [-0.39, 0.29) is 11.8 Å². The van der Waals surface area contributed by atoms with Crippen LogP contribution in [0.1, 0.15) is 5.69 Å². The number of ether oxygens (including phenoxy) is 1. The largest absolute Gasteiger partial charge is 0.497 e. The average Bonchev–Trinajstić information content (AvgIpc) is 3.12. The monoisotopic (exact) mass is 355 g/mol. The lowest BCUT2D eigenvalue weighted by molar-refractivity contribution is 0.252. The summed E-state index contributed by atoms with van der Waals surface area (Å²) in [6, 6.07) is 12.6. The van der Waals surface area contributed by atoms with Crippen molar-refractivity contribution in [1.29, 1.82) is 0 Å². The molecule has 3 aromatic rings. The third-order valence-corrected chi connectivity index (χ3v) is 3.66. The van der Waals surface area contributed by atoms with Gasteiger partial charge < -0.3 is 19.8 Å². The van der Waals surface area contributed by atoms with Crippen molar-refractivity contribution in [3.63, 3.8) is 0 Å². The number of nitrogens with zero attached hydrogens (tertiary/aromatic N) is 1. The third-order valence-electron chi connectivity index (χ3n) is 3.66. The van der Waals surface area contributed by atoms with Gasteiger partial charge in [0, 0.05) is 24.2 Å². The Balaban J connectivity index is 1.47. The van der Waals surface area contributed by atoms with Gasteiger partial charge in [0.25, 0.3) is 0 Å². The molecule has 134 valence electrons. The summed E-state index contributed by atoms with van der Waals surface area (Å²) in [6.07, 6.45) is 2.04. The molecule has 0 atom stereocenters. The number of aromatic nitrogens is 1. The van der Waals surface area contributed by atoms with Gasteiger partial charge in [0.2, 0.25) is 5.89 Å². The Hall–Kier alpha value is -3.35. The number of anilines is 1. The molecule has 0 saturated heterocycles. The van der Waals surface area contributed by atoms with Crippen molar-refractivity contribution in [1.82, 2.24) is 10.3 Å². The van der Waals surface area contributed by atoms with Crippen LogP contribution in [0, 0.1) is 5.82 Å². The number of oxazole rings is 1. The van der Waals surface area contributed by atoms with Crippen molar-refractivity contribution in [2.24, 2.45) is 0 Å². The Kier molecular flexibility index (Phi) is 5.48. The number of carbonyl (C=O) groups is 1. The van der Waals surface area contributed by atoms with Crippen LogP contribution < -0.4 is 15.4 Å². The van der Waals surface area contributed by atoms with Gasteiger partial charge in [-0.2, -0.15) is 0 Å². The number of halogens is 1. The Labute approximate surface area is 150 Å². The zero-order valence-electron chi connectivity index (χ0n) is 14.2. The van der Waals surface area contributed by atoms with E-state index in [9.17, 15) is 9.18 Å². The lowest BCUT2D eigenvalue weighted by atomic mass is 10.2. The highest BCUT2D eigenvalue weighted by molar-refractivity contribution is 5.89. The molecule has 2 amide bonds. The van der Waals surface area contributed by atoms with Gasteiger partial charge in [0.1, 0.15) is 17.8 Å². The molecule has 0 radical (unpaired) electrons. The molecule has 6 nitrogen and oxygen atoms in total. The van der Waals surface area contributed by atoms with E-state index in [2.05, 4.69) is 15.6 Å². The Morgan fingerprint density at radius 1 is 1.15 bits per heavy atom. The number of amides is 2. The molecule has 1 aromatic heterocycles. The maximum atomic E-state index is 12.9. The van der Waals surface area contributed by atoms with Crippen molar-refractivity contribution >= 4 is 11.7 Å². The third kappa shape index (κ3) is 4.60. The summed E-state index contributed by atoms with van der Waals surface area (Å²) in [5.74, 6) is 0.828. The van der Waals surface area contributed by atoms with Crippen LogP contribution in [0.3, 0.4) is 0 Å². The molecule has 0 aliphatic rings. The second-order valence-corrected chi connectivity index (χ2v) is 5.51. The SMILES string of the molecule is COc1ccc(NC(=O)NCCc2coc(-c3ccc(F)cc3)n2)cc1. The molecule has 2 aromatic carbocycles. The zero-order chi connectivity index (χ0) is 18.4. The van der Waals surface area contributed by atoms with E-state index < -0.39 is 0 Å². The van der Waals surface area contributed by atoms with Crippen LogP contribution in [0.2, 0.25) is 0 Å². The predicted molar refractivity (Wildman–Crippen MR) is 95.6 cm³/mol. The average molecular weight is 355 g/mol. The molecular weight excluding hydrogens is 337 g/mol. The minimum Gasteiger partial charge on any atom is -0.497 e. The van der Waals surface area contributed by atoms with Crippen LogP contribution in [-0.2, 0) is 6.42 Å². The van der Waals surface area contributed by atoms with Gasteiger partial charge in [0.15, 0.2) is 0 Å². The molecule has 0 spiro atoms. The van der Waals surface area contributed by atoms with E-state index in [1.54, 1.807) is 43.5 Å². The van der Waals surface area contributed by atoms with Crippen molar-refractivity contribution in [2.75, 3.05) is 19.0 Å². The Morgan fingerprint density at radius 2 is 1.88 bits per heavy atom. The van der Waals surface area contributed by atoms with E-state index >= 15 is 0 Å². The van der Waals surface area contributed by atoms with E-state index in [1.165, 1.54) is 18.4 Å². The molecule has 0 saturated carbocycles. The van der Waals surface area contributed by atoms with Crippen LogP contribution in [0.5, 0.6) is 5.75 Å². The molecule has 0 aliphatic carbocycles. The smallest absolute Gasteiger partial charge is 0.319 e. The van der Waals surface area contributed by atoms with Crippen molar-refractivity contribution in [3.05, 3.63) is 66.3 Å². The van der Waals surface area contributed by atoms with Crippen molar-refractivity contribution in [3.8, 4) is 17.2 Å². The molecule has 26 heavy (non-hydrogen) atoms. The fourth-order valence-electron chi connectivity index (χ4n) is 2.30. The lowest BCUT2D eigenvalue weighted by Crippen LogP contribution is -2.30. The Morgan fingerprint density at radius 3 is 2.58 bits per heavy atom. The molecule has 7 heteroatoms. The molecule has 0 aliphatic heterocycles. The minimum absolute atomic E-state index is 0.308.